The molecule has 6 heteroatoms. The predicted molar refractivity (Wildman–Crippen MR) is 87.9 cm³/mol. The van der Waals surface area contributed by atoms with Gasteiger partial charge < -0.3 is 11.1 Å². The number of anilines is 1. The Labute approximate surface area is 133 Å². The van der Waals surface area contributed by atoms with Gasteiger partial charge in [0.2, 0.25) is 5.91 Å². The number of benzene rings is 1. The molecule has 0 saturated carbocycles. The molecule has 5 nitrogen and oxygen atoms in total. The molecule has 0 atom stereocenters. The third-order valence-electron chi connectivity index (χ3n) is 3.03. The molecule has 0 aliphatic rings. The van der Waals surface area contributed by atoms with Crippen LogP contribution in [0.5, 0.6) is 0 Å². The Kier molecular flexibility index (Phi) is 5.27. The van der Waals surface area contributed by atoms with Crippen LogP contribution >= 0.6 is 11.3 Å². The molecule has 0 saturated heterocycles. The predicted octanol–water partition coefficient (Wildman–Crippen LogP) is 2.62. The molecule has 2 rings (SSSR count). The van der Waals surface area contributed by atoms with Crippen LogP contribution in [0.4, 0.5) is 5.13 Å². The SMILES string of the molecule is CC(C)Cc1ccc(CC(=O)Nc2ncc(C(N)=O)s2)cc1. The molecule has 3 N–H and O–H groups in total. The molecule has 0 spiro atoms. The summed E-state index contributed by atoms with van der Waals surface area (Å²) in [5, 5.41) is 3.06. The number of carbonyl (C=O) groups excluding carboxylic acids is 2. The maximum absolute atomic E-state index is 12.0. The van der Waals surface area contributed by atoms with Crippen LogP contribution in [0.2, 0.25) is 0 Å². The number of amides is 2. The minimum absolute atomic E-state index is 0.165. The number of nitrogens with two attached hydrogens (primary N) is 1. The van der Waals surface area contributed by atoms with Crippen molar-refractivity contribution >= 4 is 28.3 Å². The van der Waals surface area contributed by atoms with E-state index >= 15 is 0 Å². The Morgan fingerprint density at radius 2 is 1.86 bits per heavy atom. The number of hydrogen-bond acceptors (Lipinski definition) is 4. The second-order valence-electron chi connectivity index (χ2n) is 5.53. The molecule has 0 bridgehead atoms. The quantitative estimate of drug-likeness (QED) is 0.859. The van der Waals surface area contributed by atoms with Gasteiger partial charge >= 0.3 is 0 Å². The van der Waals surface area contributed by atoms with Gasteiger partial charge in [0.05, 0.1) is 12.6 Å². The average Bonchev–Trinajstić information content (AvgIpc) is 2.89. The van der Waals surface area contributed by atoms with Crippen molar-refractivity contribution in [2.75, 3.05) is 5.32 Å². The summed E-state index contributed by atoms with van der Waals surface area (Å²) in [6, 6.07) is 8.04. The molecule has 0 aliphatic heterocycles. The van der Waals surface area contributed by atoms with E-state index in [-0.39, 0.29) is 12.3 Å². The van der Waals surface area contributed by atoms with Crippen molar-refractivity contribution in [3.05, 3.63) is 46.5 Å². The largest absolute Gasteiger partial charge is 0.365 e. The monoisotopic (exact) mass is 317 g/mol. The highest BCUT2D eigenvalue weighted by Crippen LogP contribution is 2.18. The van der Waals surface area contributed by atoms with Gasteiger partial charge in [0, 0.05) is 0 Å². The Hall–Kier alpha value is -2.21. The Bertz CT molecular complexity index is 662. The van der Waals surface area contributed by atoms with Crippen molar-refractivity contribution < 1.29 is 9.59 Å². The lowest BCUT2D eigenvalue weighted by molar-refractivity contribution is -0.115. The van der Waals surface area contributed by atoms with Crippen molar-refractivity contribution in [1.82, 2.24) is 4.98 Å². The lowest BCUT2D eigenvalue weighted by Crippen LogP contribution is -2.14. The summed E-state index contributed by atoms with van der Waals surface area (Å²) >= 11 is 1.07. The van der Waals surface area contributed by atoms with Gasteiger partial charge in [-0.2, -0.15) is 0 Å². The topological polar surface area (TPSA) is 85.1 Å². The minimum Gasteiger partial charge on any atom is -0.365 e. The van der Waals surface area contributed by atoms with E-state index in [1.165, 1.54) is 11.8 Å². The van der Waals surface area contributed by atoms with Gasteiger partial charge in [0.1, 0.15) is 4.88 Å². The number of nitrogens with zero attached hydrogens (tertiary/aromatic N) is 1. The van der Waals surface area contributed by atoms with Crippen LogP contribution in [-0.4, -0.2) is 16.8 Å². The van der Waals surface area contributed by atoms with E-state index in [2.05, 4.69) is 36.3 Å². The molecule has 0 radical (unpaired) electrons. The second kappa shape index (κ2) is 7.17. The zero-order valence-corrected chi connectivity index (χ0v) is 13.4. The molecule has 1 aromatic heterocycles. The summed E-state index contributed by atoms with van der Waals surface area (Å²) in [6.07, 6.45) is 2.66. The maximum atomic E-state index is 12.0. The Morgan fingerprint density at radius 3 is 2.41 bits per heavy atom. The molecular weight excluding hydrogens is 298 g/mol. The smallest absolute Gasteiger partial charge is 0.260 e. The molecule has 0 fully saturated rings. The maximum Gasteiger partial charge on any atom is 0.260 e. The highest BCUT2D eigenvalue weighted by Gasteiger charge is 2.10. The van der Waals surface area contributed by atoms with E-state index in [1.807, 2.05) is 12.1 Å². The van der Waals surface area contributed by atoms with E-state index < -0.39 is 5.91 Å². The number of nitrogens with one attached hydrogen (secondary N) is 1. The molecule has 0 aliphatic carbocycles. The first-order valence-corrected chi connectivity index (χ1v) is 7.89. The fourth-order valence-electron chi connectivity index (χ4n) is 2.06. The Morgan fingerprint density at radius 1 is 1.23 bits per heavy atom. The van der Waals surface area contributed by atoms with Crippen molar-refractivity contribution in [3.8, 4) is 0 Å². The van der Waals surface area contributed by atoms with Crippen LogP contribution in [0.1, 0.15) is 34.6 Å². The van der Waals surface area contributed by atoms with E-state index in [0.717, 1.165) is 23.3 Å². The molecule has 0 unspecified atom stereocenters. The van der Waals surface area contributed by atoms with Crippen LogP contribution in [0.25, 0.3) is 0 Å². The molecule has 2 aromatic rings. The van der Waals surface area contributed by atoms with Gasteiger partial charge in [0.15, 0.2) is 5.13 Å². The van der Waals surface area contributed by atoms with E-state index in [1.54, 1.807) is 0 Å². The average molecular weight is 317 g/mol. The minimum atomic E-state index is -0.543. The number of aromatic nitrogens is 1. The second-order valence-corrected chi connectivity index (χ2v) is 6.56. The molecule has 1 aromatic carbocycles. The summed E-state index contributed by atoms with van der Waals surface area (Å²) in [6.45, 7) is 4.35. The highest BCUT2D eigenvalue weighted by atomic mass is 32.1. The van der Waals surface area contributed by atoms with E-state index in [4.69, 9.17) is 5.73 Å². The highest BCUT2D eigenvalue weighted by molar-refractivity contribution is 7.17. The van der Waals surface area contributed by atoms with Crippen LogP contribution in [0.15, 0.2) is 30.5 Å². The van der Waals surface area contributed by atoms with Crippen LogP contribution in [-0.2, 0) is 17.6 Å². The first-order chi connectivity index (χ1) is 10.4. The van der Waals surface area contributed by atoms with Crippen LogP contribution < -0.4 is 11.1 Å². The fourth-order valence-corrected chi connectivity index (χ4v) is 2.74. The number of primary amides is 1. The van der Waals surface area contributed by atoms with Gasteiger partial charge in [0.25, 0.3) is 5.91 Å². The van der Waals surface area contributed by atoms with Crippen LogP contribution in [0, 0.1) is 5.92 Å². The van der Waals surface area contributed by atoms with E-state index in [0.29, 0.717) is 15.9 Å². The number of rotatable bonds is 6. The summed E-state index contributed by atoms with van der Waals surface area (Å²) in [7, 11) is 0. The number of carbonyl (C=O) groups is 2. The van der Waals surface area contributed by atoms with Crippen molar-refractivity contribution in [2.24, 2.45) is 11.7 Å². The molecule has 22 heavy (non-hydrogen) atoms. The summed E-state index contributed by atoms with van der Waals surface area (Å²) < 4.78 is 0. The van der Waals surface area contributed by atoms with Gasteiger partial charge in [-0.25, -0.2) is 4.98 Å². The fraction of sp³-hybridized carbons (Fsp3) is 0.312. The molecule has 2 amide bonds. The lowest BCUT2D eigenvalue weighted by atomic mass is 10.0. The zero-order chi connectivity index (χ0) is 16.1. The van der Waals surface area contributed by atoms with Crippen molar-refractivity contribution in [2.45, 2.75) is 26.7 Å². The third kappa shape index (κ3) is 4.66. The molecule has 116 valence electrons. The lowest BCUT2D eigenvalue weighted by Gasteiger charge is -2.06. The van der Waals surface area contributed by atoms with Gasteiger partial charge in [-0.05, 0) is 23.5 Å². The standard InChI is InChI=1S/C16H19N3O2S/c1-10(2)7-11-3-5-12(6-4-11)8-14(20)19-16-18-9-13(22-16)15(17)21/h3-6,9-10H,7-8H2,1-2H3,(H2,17,21)(H,18,19,20). The molecular formula is C16H19N3O2S. The first-order valence-electron chi connectivity index (χ1n) is 7.07. The summed E-state index contributed by atoms with van der Waals surface area (Å²) in [5.41, 5.74) is 7.36. The van der Waals surface area contributed by atoms with Gasteiger partial charge in [-0.1, -0.05) is 49.4 Å². The van der Waals surface area contributed by atoms with Crippen molar-refractivity contribution in [3.63, 3.8) is 0 Å². The Balaban J connectivity index is 1.92. The number of thiazole rings is 1. The summed E-state index contributed by atoms with van der Waals surface area (Å²) in [4.78, 5) is 27.2. The zero-order valence-electron chi connectivity index (χ0n) is 12.6. The third-order valence-corrected chi connectivity index (χ3v) is 3.95. The van der Waals surface area contributed by atoms with Gasteiger partial charge in [-0.15, -0.1) is 0 Å². The first kappa shape index (κ1) is 16.2. The van der Waals surface area contributed by atoms with Crippen LogP contribution in [0.3, 0.4) is 0 Å². The van der Waals surface area contributed by atoms with Crippen molar-refractivity contribution in [1.29, 1.82) is 0 Å². The van der Waals surface area contributed by atoms with Gasteiger partial charge in [-0.3, -0.25) is 9.59 Å². The molecule has 1 heterocycles. The summed E-state index contributed by atoms with van der Waals surface area (Å²) in [5.74, 6) is -0.0979. The number of hydrogen-bond donors (Lipinski definition) is 2. The normalized spacial score (nSPS) is 10.7. The van der Waals surface area contributed by atoms with E-state index in [9.17, 15) is 9.59 Å².